The highest BCUT2D eigenvalue weighted by atomic mass is 16.6. The van der Waals surface area contributed by atoms with Crippen LogP contribution < -0.4 is 0 Å². The van der Waals surface area contributed by atoms with Gasteiger partial charge in [-0.25, -0.2) is 9.59 Å². The molecule has 48 heavy (non-hydrogen) atoms. The molecule has 0 heterocycles. The van der Waals surface area contributed by atoms with Crippen molar-refractivity contribution in [3.63, 3.8) is 0 Å². The Hall–Kier alpha value is -3.67. The first-order valence-corrected chi connectivity index (χ1v) is 16.7. The first-order chi connectivity index (χ1) is 22.3. The topological polar surface area (TPSA) is 174 Å². The first kappa shape index (κ1) is 35.6. The summed E-state index contributed by atoms with van der Waals surface area (Å²) in [6.07, 6.45) is 5.51. The molecule has 0 unspecified atom stereocenters. The maximum absolute atomic E-state index is 13.3. The number of esters is 2. The molecule has 3 fully saturated rings. The third-order valence-corrected chi connectivity index (χ3v) is 12.5. The molecular formula is C37H47NO10. The number of benzene rings is 1. The number of nitrogens with zero attached hydrogens (tertiary/aromatic N) is 1. The predicted octanol–water partition coefficient (Wildman–Crippen LogP) is 5.16. The maximum atomic E-state index is 13.3. The first-order valence-electron chi connectivity index (χ1n) is 16.7. The molecule has 8 atom stereocenters. The van der Waals surface area contributed by atoms with Crippen molar-refractivity contribution in [3.05, 3.63) is 69.3 Å². The van der Waals surface area contributed by atoms with E-state index in [9.17, 15) is 39.8 Å². The van der Waals surface area contributed by atoms with Crippen LogP contribution in [0.5, 0.6) is 0 Å². The molecule has 1 aromatic rings. The van der Waals surface area contributed by atoms with Gasteiger partial charge >= 0.3 is 11.9 Å². The number of nitro groups is 1. The zero-order valence-electron chi connectivity index (χ0n) is 28.5. The third-order valence-electron chi connectivity index (χ3n) is 12.5. The number of allylic oxidation sites excluding steroid dienone is 1. The van der Waals surface area contributed by atoms with Gasteiger partial charge < -0.3 is 24.8 Å². The predicted molar refractivity (Wildman–Crippen MR) is 176 cm³/mol. The molecule has 3 saturated carbocycles. The molecule has 0 amide bonds. The van der Waals surface area contributed by atoms with E-state index in [1.807, 2.05) is 33.8 Å². The lowest BCUT2D eigenvalue weighted by atomic mass is 9.42. The molecule has 4 aliphatic carbocycles. The molecule has 0 bridgehead atoms. The number of nitro benzene ring substituents is 1. The van der Waals surface area contributed by atoms with E-state index >= 15 is 0 Å². The van der Waals surface area contributed by atoms with Crippen LogP contribution in [0, 0.1) is 32.8 Å². The van der Waals surface area contributed by atoms with Gasteiger partial charge in [0.1, 0.15) is 29.0 Å². The Bertz CT molecular complexity index is 1610. The van der Waals surface area contributed by atoms with Crippen molar-refractivity contribution in [1.29, 1.82) is 0 Å². The Morgan fingerprint density at radius 3 is 2.35 bits per heavy atom. The Morgan fingerprint density at radius 1 is 1.02 bits per heavy atom. The summed E-state index contributed by atoms with van der Waals surface area (Å²) in [5.74, 6) is -2.36. The molecule has 260 valence electrons. The quantitative estimate of drug-likeness (QED) is 0.111. The van der Waals surface area contributed by atoms with Crippen LogP contribution in [0.3, 0.4) is 0 Å². The maximum Gasteiger partial charge on any atom is 0.331 e. The minimum absolute atomic E-state index is 0.0357. The van der Waals surface area contributed by atoms with Crippen molar-refractivity contribution < 1.29 is 44.1 Å². The van der Waals surface area contributed by atoms with Gasteiger partial charge in [0.2, 0.25) is 0 Å². The molecule has 0 radical (unpaired) electrons. The second kappa shape index (κ2) is 12.3. The second-order valence-corrected chi connectivity index (χ2v) is 15.0. The lowest BCUT2D eigenvalue weighted by Crippen LogP contribution is -2.78. The van der Waals surface area contributed by atoms with Crippen molar-refractivity contribution in [1.82, 2.24) is 0 Å². The Balaban J connectivity index is 1.43. The average Bonchev–Trinajstić information content (AvgIpc) is 3.25. The van der Waals surface area contributed by atoms with E-state index in [0.717, 1.165) is 11.1 Å². The number of aliphatic hydroxyl groups is 3. The van der Waals surface area contributed by atoms with Gasteiger partial charge in [-0.1, -0.05) is 50.1 Å². The molecule has 0 spiro atoms. The molecule has 11 nitrogen and oxygen atoms in total. The SMILES string of the molecule is CC(=O)[C@]1(O)CC[C@@]2(O)[C@]1(C)[C@H](OC(=O)/C=C(\C)C(C)C)C[C@@H]1[C@@]3(C)CC[C@H](OC(=O)/C=C/c4ccccc4[N+](=O)[O-])CC3=CC[C@]12O. The zero-order valence-corrected chi connectivity index (χ0v) is 28.5. The van der Waals surface area contributed by atoms with Gasteiger partial charge in [0.15, 0.2) is 5.78 Å². The molecule has 0 aliphatic heterocycles. The van der Waals surface area contributed by atoms with Gasteiger partial charge in [-0.15, -0.1) is 0 Å². The van der Waals surface area contributed by atoms with Crippen LogP contribution in [-0.2, 0) is 23.9 Å². The van der Waals surface area contributed by atoms with E-state index in [4.69, 9.17) is 9.47 Å². The smallest absolute Gasteiger partial charge is 0.331 e. The number of carbonyl (C=O) groups is 3. The van der Waals surface area contributed by atoms with Gasteiger partial charge in [0, 0.05) is 30.6 Å². The van der Waals surface area contributed by atoms with Crippen LogP contribution in [-0.4, -0.2) is 67.0 Å². The number of ether oxygens (including phenoxy) is 2. The second-order valence-electron chi connectivity index (χ2n) is 15.0. The van der Waals surface area contributed by atoms with Crippen LogP contribution in [0.25, 0.3) is 6.08 Å². The van der Waals surface area contributed by atoms with Crippen LogP contribution in [0.2, 0.25) is 0 Å². The summed E-state index contributed by atoms with van der Waals surface area (Å²) in [4.78, 5) is 49.9. The summed E-state index contributed by atoms with van der Waals surface area (Å²) < 4.78 is 11.8. The highest BCUT2D eigenvalue weighted by molar-refractivity contribution is 5.88. The molecular weight excluding hydrogens is 618 g/mol. The number of fused-ring (bicyclic) bond motifs is 5. The van der Waals surface area contributed by atoms with Gasteiger partial charge in [-0.05, 0) is 82.8 Å². The van der Waals surface area contributed by atoms with Gasteiger partial charge in [-0.2, -0.15) is 0 Å². The minimum Gasteiger partial charge on any atom is -0.459 e. The molecule has 0 aromatic heterocycles. The van der Waals surface area contributed by atoms with Crippen LogP contribution in [0.1, 0.15) is 92.1 Å². The van der Waals surface area contributed by atoms with Gasteiger partial charge in [0.25, 0.3) is 5.69 Å². The van der Waals surface area contributed by atoms with E-state index in [0.29, 0.717) is 19.3 Å². The average molecular weight is 666 g/mol. The zero-order chi connectivity index (χ0) is 35.4. The van der Waals surface area contributed by atoms with Crippen molar-refractivity contribution in [3.8, 4) is 0 Å². The van der Waals surface area contributed by atoms with Crippen LogP contribution >= 0.6 is 0 Å². The Labute approximate surface area is 280 Å². The summed E-state index contributed by atoms with van der Waals surface area (Å²) in [5.41, 5.74) is -6.24. The van der Waals surface area contributed by atoms with Crippen LogP contribution in [0.4, 0.5) is 5.69 Å². The van der Waals surface area contributed by atoms with E-state index in [1.54, 1.807) is 25.1 Å². The lowest BCUT2D eigenvalue weighted by Gasteiger charge is -2.67. The van der Waals surface area contributed by atoms with Gasteiger partial charge in [-0.3, -0.25) is 14.9 Å². The lowest BCUT2D eigenvalue weighted by molar-refractivity contribution is -0.385. The molecule has 1 aromatic carbocycles. The number of para-hydroxylation sites is 1. The summed E-state index contributed by atoms with van der Waals surface area (Å²) >= 11 is 0. The van der Waals surface area contributed by atoms with E-state index in [1.165, 1.54) is 31.2 Å². The highest BCUT2D eigenvalue weighted by Crippen LogP contribution is 2.71. The summed E-state index contributed by atoms with van der Waals surface area (Å²) in [6, 6.07) is 6.08. The van der Waals surface area contributed by atoms with Crippen molar-refractivity contribution in [2.45, 2.75) is 115 Å². The normalized spacial score (nSPS) is 37.7. The molecule has 11 heteroatoms. The highest BCUT2D eigenvalue weighted by Gasteiger charge is 2.81. The number of Topliss-reactive ketones (excluding diaryl/α,β-unsaturated/α-hetero) is 1. The minimum atomic E-state index is -2.03. The summed E-state index contributed by atoms with van der Waals surface area (Å²) in [5, 5.41) is 48.5. The van der Waals surface area contributed by atoms with Crippen molar-refractivity contribution in [2.24, 2.45) is 22.7 Å². The van der Waals surface area contributed by atoms with E-state index in [-0.39, 0.29) is 42.9 Å². The van der Waals surface area contributed by atoms with Crippen LogP contribution in [0.15, 0.2) is 53.6 Å². The van der Waals surface area contributed by atoms with E-state index < -0.39 is 68.4 Å². The fraction of sp³-hybridized carbons (Fsp3) is 0.595. The standard InChI is InChI=1S/C37H47NO10/c1-22(2)23(3)19-32(41)48-30-21-29-33(5)15-14-27(47-31(40)12-11-25-9-7-8-10-28(25)38(45)46)20-26(33)13-16-36(29,43)37(44)18-17-35(42,24(4)39)34(30,37)6/h7-13,19,22,27,29-30,42-44H,14-18,20-21H2,1-6H3/b12-11+,23-19+/t27-,29+,30+,33-,34+,35+,36-,37+/m0/s1. The summed E-state index contributed by atoms with van der Waals surface area (Å²) in [7, 11) is 0. The van der Waals surface area contributed by atoms with Crippen molar-refractivity contribution in [2.75, 3.05) is 0 Å². The summed E-state index contributed by atoms with van der Waals surface area (Å²) in [6.45, 7) is 10.5. The van der Waals surface area contributed by atoms with Crippen molar-refractivity contribution >= 4 is 29.5 Å². The number of rotatable bonds is 8. The molecule has 3 N–H and O–H groups in total. The molecule has 5 rings (SSSR count). The number of hydrogen-bond acceptors (Lipinski definition) is 10. The number of carbonyl (C=O) groups excluding carboxylic acids is 3. The number of ketones is 1. The van der Waals surface area contributed by atoms with E-state index in [2.05, 4.69) is 0 Å². The monoisotopic (exact) mass is 665 g/mol. The van der Waals surface area contributed by atoms with Gasteiger partial charge in [0.05, 0.1) is 15.9 Å². The third kappa shape index (κ3) is 5.34. The fourth-order valence-electron chi connectivity index (χ4n) is 9.14. The Morgan fingerprint density at radius 2 is 1.71 bits per heavy atom. The number of hydrogen-bond donors (Lipinski definition) is 3. The molecule has 4 aliphatic rings. The largest absolute Gasteiger partial charge is 0.459 e. The molecule has 0 saturated heterocycles. The fourth-order valence-corrected chi connectivity index (χ4v) is 9.14. The Kier molecular flexibility index (Phi) is 9.16.